The molecule has 0 spiro atoms. The highest BCUT2D eigenvalue weighted by Gasteiger charge is 2.15. The average molecular weight is 243 g/mol. The van der Waals surface area contributed by atoms with E-state index in [4.69, 9.17) is 17.0 Å². The second-order valence-corrected chi connectivity index (χ2v) is 4.66. The van der Waals surface area contributed by atoms with Crippen LogP contribution in [-0.2, 0) is 6.42 Å². The second-order valence-electron chi connectivity index (χ2n) is 4.18. The van der Waals surface area contributed by atoms with Crippen LogP contribution in [0.25, 0.3) is 11.3 Å². The van der Waals surface area contributed by atoms with Crippen molar-refractivity contribution in [2.24, 2.45) is 0 Å². The molecule has 1 aromatic heterocycles. The molecule has 2 aromatic rings. The molecular weight excluding hydrogens is 230 g/mol. The van der Waals surface area contributed by atoms with E-state index < -0.39 is 0 Å². The molecule has 0 radical (unpaired) electrons. The van der Waals surface area contributed by atoms with Crippen molar-refractivity contribution in [3.63, 3.8) is 0 Å². The normalized spacial score (nSPS) is 13.9. The second kappa shape index (κ2) is 4.34. The Bertz CT molecular complexity index is 603. The summed E-state index contributed by atoms with van der Waals surface area (Å²) < 4.78 is 6.63. The van der Waals surface area contributed by atoms with Gasteiger partial charge in [-0.25, -0.2) is 0 Å². The lowest BCUT2D eigenvalue weighted by Crippen LogP contribution is -2.09. The third-order valence-electron chi connectivity index (χ3n) is 3.00. The summed E-state index contributed by atoms with van der Waals surface area (Å²) in [5.74, 6) is 1.01. The van der Waals surface area contributed by atoms with E-state index in [1.54, 1.807) is 0 Å². The van der Waals surface area contributed by atoms with Gasteiger partial charge >= 0.3 is 0 Å². The molecule has 1 aromatic carbocycles. The van der Waals surface area contributed by atoms with Crippen molar-refractivity contribution in [1.29, 1.82) is 0 Å². The third kappa shape index (κ3) is 1.98. The van der Waals surface area contributed by atoms with Gasteiger partial charge in [0.15, 0.2) is 0 Å². The minimum absolute atomic E-state index is 0.803. The van der Waals surface area contributed by atoms with Gasteiger partial charge in [0.25, 0.3) is 0 Å². The number of hydrogen-bond acceptors (Lipinski definition) is 2. The number of nitrogens with one attached hydrogen (secondary N) is 1. The quantitative estimate of drug-likeness (QED) is 0.772. The molecule has 0 saturated heterocycles. The Morgan fingerprint density at radius 2 is 2.18 bits per heavy atom. The smallest absolute Gasteiger partial charge is 0.131 e. The lowest BCUT2D eigenvalue weighted by atomic mass is 10.0. The highest BCUT2D eigenvalue weighted by molar-refractivity contribution is 7.71. The molecule has 3 rings (SSSR count). The van der Waals surface area contributed by atoms with Gasteiger partial charge in [-0.15, -0.1) is 0 Å². The zero-order valence-electron chi connectivity index (χ0n) is 9.40. The highest BCUT2D eigenvalue weighted by Crippen LogP contribution is 2.35. The summed E-state index contributed by atoms with van der Waals surface area (Å²) in [7, 11) is 0. The van der Waals surface area contributed by atoms with Crippen molar-refractivity contribution in [3.8, 4) is 17.0 Å². The number of fused-ring (bicyclic) bond motifs is 1. The Hall–Kier alpha value is -1.61. The number of hydrogen-bond donors (Lipinski definition) is 1. The molecule has 0 saturated carbocycles. The summed E-state index contributed by atoms with van der Waals surface area (Å²) in [6.07, 6.45) is 4.07. The topological polar surface area (TPSA) is 25.0 Å². The summed E-state index contributed by atoms with van der Waals surface area (Å²) in [5.41, 5.74) is 3.42. The van der Waals surface area contributed by atoms with E-state index >= 15 is 0 Å². The molecule has 1 aliphatic heterocycles. The third-order valence-corrected chi connectivity index (χ3v) is 3.25. The highest BCUT2D eigenvalue weighted by atomic mass is 32.1. The fraction of sp³-hybridized carbons (Fsp3) is 0.214. The van der Waals surface area contributed by atoms with Gasteiger partial charge in [0.1, 0.15) is 5.75 Å². The molecule has 0 fully saturated rings. The summed E-state index contributed by atoms with van der Waals surface area (Å²) >= 11 is 5.19. The van der Waals surface area contributed by atoms with Gasteiger partial charge in [-0.2, -0.15) is 0 Å². The first-order chi connectivity index (χ1) is 8.34. The molecule has 0 amide bonds. The van der Waals surface area contributed by atoms with Gasteiger partial charge < -0.3 is 9.72 Å². The van der Waals surface area contributed by atoms with Crippen molar-refractivity contribution in [3.05, 3.63) is 46.6 Å². The minimum Gasteiger partial charge on any atom is -0.493 e. The van der Waals surface area contributed by atoms with Crippen LogP contribution in [0.2, 0.25) is 0 Å². The van der Waals surface area contributed by atoms with Gasteiger partial charge in [0, 0.05) is 16.3 Å². The van der Waals surface area contributed by atoms with Crippen molar-refractivity contribution in [2.75, 3.05) is 6.61 Å². The fourth-order valence-corrected chi connectivity index (χ4v) is 2.39. The number of para-hydroxylation sites is 1. The number of pyridine rings is 1. The first kappa shape index (κ1) is 10.5. The van der Waals surface area contributed by atoms with Gasteiger partial charge in [-0.05, 0) is 36.6 Å². The van der Waals surface area contributed by atoms with Crippen LogP contribution in [0.5, 0.6) is 5.75 Å². The first-order valence-corrected chi connectivity index (χ1v) is 6.19. The number of ether oxygens (including phenoxy) is 1. The zero-order valence-corrected chi connectivity index (χ0v) is 10.2. The lowest BCUT2D eigenvalue weighted by Gasteiger charge is -2.20. The minimum atomic E-state index is 0.803. The monoisotopic (exact) mass is 243 g/mol. The van der Waals surface area contributed by atoms with E-state index in [1.807, 2.05) is 18.3 Å². The summed E-state index contributed by atoms with van der Waals surface area (Å²) in [6.45, 7) is 0.803. The van der Waals surface area contributed by atoms with Gasteiger partial charge in [-0.3, -0.25) is 0 Å². The van der Waals surface area contributed by atoms with Crippen LogP contribution in [0.1, 0.15) is 12.0 Å². The fourth-order valence-electron chi connectivity index (χ4n) is 2.20. The van der Waals surface area contributed by atoms with Crippen molar-refractivity contribution >= 4 is 12.2 Å². The van der Waals surface area contributed by atoms with Crippen LogP contribution >= 0.6 is 12.2 Å². The number of aromatic amines is 1. The van der Waals surface area contributed by atoms with Gasteiger partial charge in [-0.1, -0.05) is 24.4 Å². The Morgan fingerprint density at radius 1 is 1.24 bits per heavy atom. The van der Waals surface area contributed by atoms with E-state index in [9.17, 15) is 0 Å². The van der Waals surface area contributed by atoms with E-state index in [-0.39, 0.29) is 0 Å². The number of benzene rings is 1. The Balaban J connectivity index is 2.18. The Morgan fingerprint density at radius 3 is 3.06 bits per heavy atom. The lowest BCUT2D eigenvalue weighted by molar-refractivity contribution is 0.289. The maximum atomic E-state index is 5.79. The number of aromatic nitrogens is 1. The standard InChI is InChI=1S/C14H13NOS/c17-11-6-7-15-13(9-11)12-5-1-3-10-4-2-8-16-14(10)12/h1,3,5-7,9H,2,4,8H2,(H,15,17). The SMILES string of the molecule is S=c1cc[nH]c(-c2cccc3c2OCCC3)c1. The zero-order chi connectivity index (χ0) is 11.7. The Labute approximate surface area is 105 Å². The molecule has 0 aliphatic carbocycles. The van der Waals surface area contributed by atoms with Crippen LogP contribution in [0.15, 0.2) is 36.5 Å². The van der Waals surface area contributed by atoms with Crippen LogP contribution < -0.4 is 4.74 Å². The summed E-state index contributed by atoms with van der Waals surface area (Å²) in [6, 6.07) is 10.1. The maximum Gasteiger partial charge on any atom is 0.131 e. The molecule has 2 heterocycles. The molecule has 0 unspecified atom stereocenters. The van der Waals surface area contributed by atoms with E-state index in [0.717, 1.165) is 41.0 Å². The maximum absolute atomic E-state index is 5.79. The van der Waals surface area contributed by atoms with Crippen molar-refractivity contribution < 1.29 is 4.74 Å². The molecule has 2 nitrogen and oxygen atoms in total. The number of rotatable bonds is 1. The summed E-state index contributed by atoms with van der Waals surface area (Å²) in [5, 5.41) is 0. The van der Waals surface area contributed by atoms with Crippen LogP contribution in [0.4, 0.5) is 0 Å². The molecule has 86 valence electrons. The molecule has 3 heteroatoms. The average Bonchev–Trinajstić information content (AvgIpc) is 2.38. The number of aryl methyl sites for hydroxylation is 1. The summed E-state index contributed by atoms with van der Waals surface area (Å²) in [4.78, 5) is 3.23. The largest absolute Gasteiger partial charge is 0.493 e. The van der Waals surface area contributed by atoms with Gasteiger partial charge in [0.05, 0.1) is 12.3 Å². The van der Waals surface area contributed by atoms with E-state index in [0.29, 0.717) is 0 Å². The molecule has 17 heavy (non-hydrogen) atoms. The molecule has 0 atom stereocenters. The van der Waals surface area contributed by atoms with Crippen molar-refractivity contribution in [2.45, 2.75) is 12.8 Å². The number of H-pyrrole nitrogens is 1. The van der Waals surface area contributed by atoms with Crippen LogP contribution in [-0.4, -0.2) is 11.6 Å². The predicted molar refractivity (Wildman–Crippen MR) is 70.9 cm³/mol. The van der Waals surface area contributed by atoms with E-state index in [2.05, 4.69) is 23.2 Å². The first-order valence-electron chi connectivity index (χ1n) is 5.78. The predicted octanol–water partition coefficient (Wildman–Crippen LogP) is 3.74. The Kier molecular flexibility index (Phi) is 2.69. The van der Waals surface area contributed by atoms with Gasteiger partial charge in [0.2, 0.25) is 0 Å². The van der Waals surface area contributed by atoms with Crippen LogP contribution in [0.3, 0.4) is 0 Å². The molecular formula is C14H13NOS. The van der Waals surface area contributed by atoms with Crippen molar-refractivity contribution in [1.82, 2.24) is 4.98 Å². The van der Waals surface area contributed by atoms with E-state index in [1.165, 1.54) is 5.56 Å². The molecule has 1 N–H and O–H groups in total. The molecule has 1 aliphatic rings. The molecule has 0 bridgehead atoms. The van der Waals surface area contributed by atoms with Crippen LogP contribution in [0, 0.1) is 4.51 Å².